The number of para-hydroxylation sites is 1. The highest BCUT2D eigenvalue weighted by atomic mass is 16.2. The Morgan fingerprint density at radius 1 is 0.786 bits per heavy atom. The van der Waals surface area contributed by atoms with Gasteiger partial charge in [-0.05, 0) is 54.3 Å². The standard InChI is InChI=1S/C24H24N2O2/c1-3-17(2)21-14-7-8-15-22(21)26-24(28)19-12-9-13-20(16-19)25-23(27)18-10-5-4-6-11-18/h4-17H,3H2,1-2H3,(H,25,27)(H,26,28). The smallest absolute Gasteiger partial charge is 0.255 e. The minimum absolute atomic E-state index is 0.202. The maximum atomic E-state index is 12.8. The number of anilines is 2. The monoisotopic (exact) mass is 372 g/mol. The molecule has 4 nitrogen and oxygen atoms in total. The average Bonchev–Trinajstić information content (AvgIpc) is 2.74. The van der Waals surface area contributed by atoms with Gasteiger partial charge in [0, 0.05) is 22.5 Å². The summed E-state index contributed by atoms with van der Waals surface area (Å²) in [4.78, 5) is 25.1. The van der Waals surface area contributed by atoms with E-state index in [1.54, 1.807) is 36.4 Å². The molecular formula is C24H24N2O2. The topological polar surface area (TPSA) is 58.2 Å². The molecule has 0 bridgehead atoms. The molecule has 28 heavy (non-hydrogen) atoms. The second-order valence-electron chi connectivity index (χ2n) is 6.75. The molecule has 0 saturated carbocycles. The Balaban J connectivity index is 1.75. The first-order chi connectivity index (χ1) is 13.6. The van der Waals surface area contributed by atoms with Crippen molar-refractivity contribution in [3.63, 3.8) is 0 Å². The molecule has 0 aliphatic heterocycles. The molecule has 0 fully saturated rings. The van der Waals surface area contributed by atoms with E-state index in [1.807, 2.05) is 42.5 Å². The van der Waals surface area contributed by atoms with Crippen LogP contribution >= 0.6 is 0 Å². The Bertz CT molecular complexity index is 967. The molecule has 0 aromatic heterocycles. The minimum Gasteiger partial charge on any atom is -0.322 e. The molecule has 2 N–H and O–H groups in total. The van der Waals surface area contributed by atoms with Crippen LogP contribution in [0.5, 0.6) is 0 Å². The molecule has 4 heteroatoms. The quantitative estimate of drug-likeness (QED) is 0.583. The minimum atomic E-state index is -0.208. The van der Waals surface area contributed by atoms with E-state index in [0.717, 1.165) is 17.7 Å². The molecule has 0 heterocycles. The van der Waals surface area contributed by atoms with Gasteiger partial charge in [-0.1, -0.05) is 56.3 Å². The van der Waals surface area contributed by atoms with E-state index < -0.39 is 0 Å². The fraction of sp³-hybridized carbons (Fsp3) is 0.167. The normalized spacial score (nSPS) is 11.5. The van der Waals surface area contributed by atoms with Crippen LogP contribution in [0.1, 0.15) is 52.5 Å². The van der Waals surface area contributed by atoms with Crippen molar-refractivity contribution in [3.8, 4) is 0 Å². The summed E-state index contributed by atoms with van der Waals surface area (Å²) in [6, 6.07) is 23.8. The van der Waals surface area contributed by atoms with Crippen molar-refractivity contribution in [1.29, 1.82) is 0 Å². The van der Waals surface area contributed by atoms with Gasteiger partial charge in [-0.15, -0.1) is 0 Å². The van der Waals surface area contributed by atoms with E-state index in [2.05, 4.69) is 24.5 Å². The van der Waals surface area contributed by atoms with Gasteiger partial charge in [-0.25, -0.2) is 0 Å². The van der Waals surface area contributed by atoms with Gasteiger partial charge in [-0.2, -0.15) is 0 Å². The summed E-state index contributed by atoms with van der Waals surface area (Å²) in [6.45, 7) is 4.27. The zero-order chi connectivity index (χ0) is 19.9. The van der Waals surface area contributed by atoms with Gasteiger partial charge < -0.3 is 10.6 Å². The first-order valence-electron chi connectivity index (χ1n) is 9.45. The van der Waals surface area contributed by atoms with Crippen molar-refractivity contribution in [2.45, 2.75) is 26.2 Å². The lowest BCUT2D eigenvalue weighted by molar-refractivity contribution is 0.101. The largest absolute Gasteiger partial charge is 0.322 e. The van der Waals surface area contributed by atoms with Crippen LogP contribution in [0.15, 0.2) is 78.9 Å². The molecular weight excluding hydrogens is 348 g/mol. The maximum Gasteiger partial charge on any atom is 0.255 e. The van der Waals surface area contributed by atoms with Gasteiger partial charge in [0.15, 0.2) is 0 Å². The van der Waals surface area contributed by atoms with Gasteiger partial charge >= 0.3 is 0 Å². The highest BCUT2D eigenvalue weighted by Gasteiger charge is 2.13. The summed E-state index contributed by atoms with van der Waals surface area (Å²) in [5.41, 5.74) is 3.58. The molecule has 3 aromatic carbocycles. The molecule has 0 aliphatic carbocycles. The number of rotatable bonds is 6. The van der Waals surface area contributed by atoms with Crippen LogP contribution in [0.2, 0.25) is 0 Å². The Kier molecular flexibility index (Phi) is 6.22. The Labute approximate surface area is 165 Å². The van der Waals surface area contributed by atoms with Crippen molar-refractivity contribution in [2.24, 2.45) is 0 Å². The molecule has 0 spiro atoms. The van der Waals surface area contributed by atoms with E-state index >= 15 is 0 Å². The van der Waals surface area contributed by atoms with Gasteiger partial charge in [0.1, 0.15) is 0 Å². The maximum absolute atomic E-state index is 12.8. The third-order valence-corrected chi connectivity index (χ3v) is 4.77. The van der Waals surface area contributed by atoms with Crippen LogP contribution < -0.4 is 10.6 Å². The van der Waals surface area contributed by atoms with Gasteiger partial charge in [0.05, 0.1) is 0 Å². The molecule has 3 rings (SSSR count). The number of carbonyl (C=O) groups excluding carboxylic acids is 2. The molecule has 0 saturated heterocycles. The molecule has 0 aliphatic rings. The predicted molar refractivity (Wildman–Crippen MR) is 114 cm³/mol. The molecule has 1 atom stereocenters. The van der Waals surface area contributed by atoms with E-state index in [9.17, 15) is 9.59 Å². The Hall–Kier alpha value is -3.40. The van der Waals surface area contributed by atoms with Gasteiger partial charge in [0.2, 0.25) is 0 Å². The first kappa shape index (κ1) is 19.4. The average molecular weight is 372 g/mol. The summed E-state index contributed by atoms with van der Waals surface area (Å²) in [7, 11) is 0. The SMILES string of the molecule is CCC(C)c1ccccc1NC(=O)c1cccc(NC(=O)c2ccccc2)c1. The number of amides is 2. The second-order valence-corrected chi connectivity index (χ2v) is 6.75. The van der Waals surface area contributed by atoms with Crippen LogP contribution in [-0.4, -0.2) is 11.8 Å². The third-order valence-electron chi connectivity index (χ3n) is 4.77. The lowest BCUT2D eigenvalue weighted by atomic mass is 9.97. The summed E-state index contributed by atoms with van der Waals surface area (Å²) in [5.74, 6) is -0.0557. The first-order valence-corrected chi connectivity index (χ1v) is 9.45. The second kappa shape index (κ2) is 9.00. The summed E-state index contributed by atoms with van der Waals surface area (Å²) in [6.07, 6.45) is 0.994. The Morgan fingerprint density at radius 3 is 2.18 bits per heavy atom. The predicted octanol–water partition coefficient (Wildman–Crippen LogP) is 5.70. The number of carbonyl (C=O) groups is 2. The summed E-state index contributed by atoms with van der Waals surface area (Å²) >= 11 is 0. The summed E-state index contributed by atoms with van der Waals surface area (Å²) in [5, 5.41) is 5.84. The van der Waals surface area contributed by atoms with Crippen LogP contribution in [0.25, 0.3) is 0 Å². The van der Waals surface area contributed by atoms with E-state index in [0.29, 0.717) is 22.7 Å². The zero-order valence-electron chi connectivity index (χ0n) is 16.1. The number of benzene rings is 3. The fourth-order valence-corrected chi connectivity index (χ4v) is 2.99. The van der Waals surface area contributed by atoms with E-state index in [4.69, 9.17) is 0 Å². The van der Waals surface area contributed by atoms with Gasteiger partial charge in [-0.3, -0.25) is 9.59 Å². The van der Waals surface area contributed by atoms with Crippen LogP contribution in [0, 0.1) is 0 Å². The molecule has 3 aromatic rings. The van der Waals surface area contributed by atoms with Crippen LogP contribution in [0.4, 0.5) is 11.4 Å². The highest BCUT2D eigenvalue weighted by Crippen LogP contribution is 2.27. The lowest BCUT2D eigenvalue weighted by Crippen LogP contribution is -2.15. The lowest BCUT2D eigenvalue weighted by Gasteiger charge is -2.16. The van der Waals surface area contributed by atoms with Crippen LogP contribution in [-0.2, 0) is 0 Å². The fourth-order valence-electron chi connectivity index (χ4n) is 2.99. The zero-order valence-corrected chi connectivity index (χ0v) is 16.1. The van der Waals surface area contributed by atoms with Crippen molar-refractivity contribution in [3.05, 3.63) is 95.6 Å². The number of hydrogen-bond donors (Lipinski definition) is 2. The Morgan fingerprint density at radius 2 is 1.43 bits per heavy atom. The molecule has 142 valence electrons. The van der Waals surface area contributed by atoms with Crippen molar-refractivity contribution < 1.29 is 9.59 Å². The molecule has 0 radical (unpaired) electrons. The van der Waals surface area contributed by atoms with Crippen LogP contribution in [0.3, 0.4) is 0 Å². The van der Waals surface area contributed by atoms with Crippen molar-refractivity contribution >= 4 is 23.2 Å². The molecule has 1 unspecified atom stereocenters. The number of nitrogens with one attached hydrogen (secondary N) is 2. The van der Waals surface area contributed by atoms with E-state index in [1.165, 1.54) is 0 Å². The summed E-state index contributed by atoms with van der Waals surface area (Å²) < 4.78 is 0. The molecule has 2 amide bonds. The van der Waals surface area contributed by atoms with Gasteiger partial charge in [0.25, 0.3) is 11.8 Å². The van der Waals surface area contributed by atoms with Crippen molar-refractivity contribution in [2.75, 3.05) is 10.6 Å². The van der Waals surface area contributed by atoms with E-state index in [-0.39, 0.29) is 11.8 Å². The number of hydrogen-bond acceptors (Lipinski definition) is 2. The highest BCUT2D eigenvalue weighted by molar-refractivity contribution is 6.07. The van der Waals surface area contributed by atoms with Crippen molar-refractivity contribution in [1.82, 2.24) is 0 Å². The third kappa shape index (κ3) is 4.65.